The maximum Gasteiger partial charge on any atom is 0.120 e. The van der Waals surface area contributed by atoms with E-state index in [2.05, 4.69) is 16.3 Å². The van der Waals surface area contributed by atoms with Crippen LogP contribution in [0.1, 0.15) is 0 Å². The van der Waals surface area contributed by atoms with Crippen molar-refractivity contribution in [3.05, 3.63) is 29.3 Å². The monoisotopic (exact) mass is 265 g/mol. The van der Waals surface area contributed by atoms with Gasteiger partial charge in [0.1, 0.15) is 18.4 Å². The van der Waals surface area contributed by atoms with Crippen molar-refractivity contribution in [3.8, 4) is 11.8 Å². The van der Waals surface area contributed by atoms with E-state index in [4.69, 9.17) is 21.6 Å². The van der Waals surface area contributed by atoms with Crippen molar-refractivity contribution in [1.29, 1.82) is 5.26 Å². The first-order chi connectivity index (χ1) is 8.79. The number of halogens is 1. The van der Waals surface area contributed by atoms with E-state index < -0.39 is 0 Å². The summed E-state index contributed by atoms with van der Waals surface area (Å²) in [5.41, 5.74) is 0. The fourth-order valence-electron chi connectivity index (χ4n) is 1.98. The molecule has 2 rings (SSSR count). The van der Waals surface area contributed by atoms with Crippen molar-refractivity contribution >= 4 is 11.6 Å². The van der Waals surface area contributed by atoms with Crippen LogP contribution in [-0.2, 0) is 0 Å². The molecule has 1 unspecified atom stereocenters. The third kappa shape index (κ3) is 3.61. The average molecular weight is 266 g/mol. The zero-order valence-electron chi connectivity index (χ0n) is 10.1. The molecule has 1 aromatic carbocycles. The number of nitrogens with one attached hydrogen (secondary N) is 1. The van der Waals surface area contributed by atoms with Gasteiger partial charge in [0.05, 0.1) is 6.07 Å². The van der Waals surface area contributed by atoms with E-state index in [1.54, 1.807) is 6.07 Å². The summed E-state index contributed by atoms with van der Waals surface area (Å²) in [4.78, 5) is 2.14. The molecular formula is C13H16ClN3O. The number of hydrogen-bond donors (Lipinski definition) is 1. The molecule has 5 heteroatoms. The SMILES string of the molecule is N#CC1CNCCN1CCOc1cccc(Cl)c1. The van der Waals surface area contributed by atoms with Gasteiger partial charge in [0, 0.05) is 31.2 Å². The number of rotatable bonds is 4. The third-order valence-electron chi connectivity index (χ3n) is 2.95. The summed E-state index contributed by atoms with van der Waals surface area (Å²) in [6.07, 6.45) is 0. The summed E-state index contributed by atoms with van der Waals surface area (Å²) in [7, 11) is 0. The molecular weight excluding hydrogens is 250 g/mol. The normalized spacial score (nSPS) is 20.3. The van der Waals surface area contributed by atoms with Gasteiger partial charge in [0.15, 0.2) is 0 Å². The van der Waals surface area contributed by atoms with Crippen LogP contribution in [0.4, 0.5) is 0 Å². The van der Waals surface area contributed by atoms with E-state index in [9.17, 15) is 0 Å². The lowest BCUT2D eigenvalue weighted by molar-refractivity contribution is 0.161. The zero-order chi connectivity index (χ0) is 12.8. The van der Waals surface area contributed by atoms with Gasteiger partial charge >= 0.3 is 0 Å². The molecule has 1 atom stereocenters. The molecule has 0 spiro atoms. The van der Waals surface area contributed by atoms with Gasteiger partial charge in [-0.25, -0.2) is 0 Å². The molecule has 4 nitrogen and oxygen atoms in total. The minimum Gasteiger partial charge on any atom is -0.492 e. The lowest BCUT2D eigenvalue weighted by atomic mass is 10.2. The van der Waals surface area contributed by atoms with Crippen LogP contribution in [0.3, 0.4) is 0 Å². The number of ether oxygens (including phenoxy) is 1. The summed E-state index contributed by atoms with van der Waals surface area (Å²) in [5.74, 6) is 0.770. The first-order valence-corrected chi connectivity index (χ1v) is 6.40. The molecule has 1 aliphatic heterocycles. The van der Waals surface area contributed by atoms with E-state index >= 15 is 0 Å². The van der Waals surface area contributed by atoms with Crippen LogP contribution in [0.5, 0.6) is 5.75 Å². The van der Waals surface area contributed by atoms with Crippen molar-refractivity contribution in [2.45, 2.75) is 6.04 Å². The smallest absolute Gasteiger partial charge is 0.120 e. The highest BCUT2D eigenvalue weighted by Gasteiger charge is 2.20. The molecule has 0 bridgehead atoms. The van der Waals surface area contributed by atoms with Crippen LogP contribution in [0.25, 0.3) is 0 Å². The van der Waals surface area contributed by atoms with E-state index in [1.165, 1.54) is 0 Å². The highest BCUT2D eigenvalue weighted by atomic mass is 35.5. The van der Waals surface area contributed by atoms with Gasteiger partial charge < -0.3 is 10.1 Å². The Morgan fingerprint density at radius 1 is 1.56 bits per heavy atom. The van der Waals surface area contributed by atoms with Gasteiger partial charge in [-0.05, 0) is 18.2 Å². The van der Waals surface area contributed by atoms with Crippen molar-refractivity contribution in [1.82, 2.24) is 10.2 Å². The molecule has 1 saturated heterocycles. The highest BCUT2D eigenvalue weighted by molar-refractivity contribution is 6.30. The Morgan fingerprint density at radius 2 is 2.44 bits per heavy atom. The second kappa shape index (κ2) is 6.60. The van der Waals surface area contributed by atoms with Gasteiger partial charge in [-0.3, -0.25) is 4.90 Å². The van der Waals surface area contributed by atoms with E-state index in [0.717, 1.165) is 31.9 Å². The molecule has 0 aromatic heterocycles. The second-order valence-corrected chi connectivity index (χ2v) is 4.63. The van der Waals surface area contributed by atoms with E-state index in [0.29, 0.717) is 11.6 Å². The molecule has 1 aromatic rings. The van der Waals surface area contributed by atoms with Crippen molar-refractivity contribution < 1.29 is 4.74 Å². The lowest BCUT2D eigenvalue weighted by Crippen LogP contribution is -2.51. The van der Waals surface area contributed by atoms with Gasteiger partial charge in [-0.15, -0.1) is 0 Å². The van der Waals surface area contributed by atoms with Gasteiger partial charge in [0.2, 0.25) is 0 Å². The summed E-state index contributed by atoms with van der Waals surface area (Å²) in [5, 5.41) is 12.9. The number of nitrogens with zero attached hydrogens (tertiary/aromatic N) is 2. The van der Waals surface area contributed by atoms with Crippen LogP contribution < -0.4 is 10.1 Å². The summed E-state index contributed by atoms with van der Waals surface area (Å²) >= 11 is 5.88. The molecule has 0 amide bonds. The van der Waals surface area contributed by atoms with Gasteiger partial charge in [0.25, 0.3) is 0 Å². The number of nitriles is 1. The second-order valence-electron chi connectivity index (χ2n) is 4.19. The van der Waals surface area contributed by atoms with Crippen LogP contribution >= 0.6 is 11.6 Å². The molecule has 1 heterocycles. The molecule has 1 fully saturated rings. The standard InChI is InChI=1S/C13H16ClN3O/c14-11-2-1-3-13(8-11)18-7-6-17-5-4-16-10-12(17)9-15/h1-3,8,12,16H,4-7,10H2. The quantitative estimate of drug-likeness (QED) is 0.897. The Hall–Kier alpha value is -1.28. The van der Waals surface area contributed by atoms with E-state index in [1.807, 2.05) is 18.2 Å². The Kier molecular flexibility index (Phi) is 4.82. The Bertz CT molecular complexity index is 432. The number of piperazine rings is 1. The van der Waals surface area contributed by atoms with Crippen LogP contribution in [-0.4, -0.2) is 43.7 Å². The molecule has 0 radical (unpaired) electrons. The molecule has 1 N–H and O–H groups in total. The van der Waals surface area contributed by atoms with E-state index in [-0.39, 0.29) is 6.04 Å². The third-order valence-corrected chi connectivity index (χ3v) is 3.18. The number of benzene rings is 1. The lowest BCUT2D eigenvalue weighted by Gasteiger charge is -2.31. The maximum atomic E-state index is 9.02. The zero-order valence-corrected chi connectivity index (χ0v) is 10.9. The minimum atomic E-state index is -0.0540. The fraction of sp³-hybridized carbons (Fsp3) is 0.462. The highest BCUT2D eigenvalue weighted by Crippen LogP contribution is 2.17. The first kappa shape index (κ1) is 13.2. The van der Waals surface area contributed by atoms with Crippen LogP contribution in [0.2, 0.25) is 5.02 Å². The summed E-state index contributed by atoms with van der Waals surface area (Å²) in [6, 6.07) is 9.60. The summed E-state index contributed by atoms with van der Waals surface area (Å²) in [6.45, 7) is 3.87. The largest absolute Gasteiger partial charge is 0.492 e. The number of hydrogen-bond acceptors (Lipinski definition) is 4. The topological polar surface area (TPSA) is 48.3 Å². The molecule has 0 aliphatic carbocycles. The van der Waals surface area contributed by atoms with Crippen LogP contribution in [0, 0.1) is 11.3 Å². The molecule has 18 heavy (non-hydrogen) atoms. The predicted molar refractivity (Wildman–Crippen MR) is 70.8 cm³/mol. The van der Waals surface area contributed by atoms with Gasteiger partial charge in [-0.1, -0.05) is 17.7 Å². The molecule has 1 aliphatic rings. The Balaban J connectivity index is 1.79. The Labute approximate surface area is 112 Å². The predicted octanol–water partition coefficient (Wildman–Crippen LogP) is 1.52. The fourth-order valence-corrected chi connectivity index (χ4v) is 2.16. The van der Waals surface area contributed by atoms with Crippen molar-refractivity contribution in [2.75, 3.05) is 32.8 Å². The molecule has 96 valence electrons. The average Bonchev–Trinajstić information content (AvgIpc) is 2.39. The maximum absolute atomic E-state index is 9.02. The van der Waals surface area contributed by atoms with Crippen molar-refractivity contribution in [2.24, 2.45) is 0 Å². The first-order valence-electron chi connectivity index (χ1n) is 6.02. The molecule has 0 saturated carbocycles. The minimum absolute atomic E-state index is 0.0540. The Morgan fingerprint density at radius 3 is 3.22 bits per heavy atom. The summed E-state index contributed by atoms with van der Waals surface area (Å²) < 4.78 is 5.63. The van der Waals surface area contributed by atoms with Crippen LogP contribution in [0.15, 0.2) is 24.3 Å². The van der Waals surface area contributed by atoms with Crippen molar-refractivity contribution in [3.63, 3.8) is 0 Å². The van der Waals surface area contributed by atoms with Gasteiger partial charge in [-0.2, -0.15) is 5.26 Å².